The van der Waals surface area contributed by atoms with Gasteiger partial charge in [0.25, 0.3) is 0 Å². The lowest BCUT2D eigenvalue weighted by Crippen LogP contribution is -2.49. The summed E-state index contributed by atoms with van der Waals surface area (Å²) in [7, 11) is 1.50. The number of nitrogens with zero attached hydrogens (tertiary/aromatic N) is 1. The number of ether oxygens (including phenoxy) is 1. The van der Waals surface area contributed by atoms with Gasteiger partial charge in [0.1, 0.15) is 17.5 Å². The van der Waals surface area contributed by atoms with Crippen LogP contribution in [0.3, 0.4) is 0 Å². The molecule has 0 saturated heterocycles. The fourth-order valence-electron chi connectivity index (χ4n) is 2.23. The molecule has 19 heavy (non-hydrogen) atoms. The number of carbonyl (C=O) groups excluding carboxylic acids is 1. The average molecular weight is 259 g/mol. The Bertz CT molecular complexity index is 530. The third-order valence-electron chi connectivity index (χ3n) is 3.49. The summed E-state index contributed by atoms with van der Waals surface area (Å²) >= 11 is 0. The first-order valence-corrected chi connectivity index (χ1v) is 6.24. The van der Waals surface area contributed by atoms with Gasteiger partial charge in [0.15, 0.2) is 0 Å². The minimum absolute atomic E-state index is 0.178. The van der Waals surface area contributed by atoms with Crippen LogP contribution in [-0.2, 0) is 4.79 Å². The Morgan fingerprint density at radius 2 is 2.32 bits per heavy atom. The molecule has 1 aliphatic rings. The van der Waals surface area contributed by atoms with Gasteiger partial charge in [-0.2, -0.15) is 5.26 Å². The van der Waals surface area contributed by atoms with E-state index in [1.807, 2.05) is 6.07 Å². The number of benzene rings is 1. The zero-order chi connectivity index (χ0) is 13.9. The summed E-state index contributed by atoms with van der Waals surface area (Å²) in [6.45, 7) is 0. The van der Waals surface area contributed by atoms with Crippen LogP contribution < -0.4 is 15.8 Å². The fourth-order valence-corrected chi connectivity index (χ4v) is 2.23. The van der Waals surface area contributed by atoms with Crippen LogP contribution in [0.5, 0.6) is 5.75 Å². The second-order valence-electron chi connectivity index (χ2n) is 4.94. The van der Waals surface area contributed by atoms with Gasteiger partial charge in [0, 0.05) is 12.0 Å². The van der Waals surface area contributed by atoms with Crippen molar-refractivity contribution in [1.82, 2.24) is 0 Å². The van der Waals surface area contributed by atoms with E-state index in [4.69, 9.17) is 15.7 Å². The van der Waals surface area contributed by atoms with Crippen molar-refractivity contribution in [3.63, 3.8) is 0 Å². The highest BCUT2D eigenvalue weighted by atomic mass is 16.5. The third kappa shape index (κ3) is 2.85. The standard InChI is InChI=1S/C14H17N3O2/c1-19-11-5-2-4-10(9-15)13(11)17-12(18)8-14(16)6-3-7-14/h2,4-5H,3,6-8,16H2,1H3,(H,17,18). The van der Waals surface area contributed by atoms with E-state index < -0.39 is 0 Å². The molecule has 0 unspecified atom stereocenters. The normalized spacial score (nSPS) is 16.1. The maximum Gasteiger partial charge on any atom is 0.226 e. The van der Waals surface area contributed by atoms with E-state index in [1.54, 1.807) is 18.2 Å². The Kier molecular flexibility index (Phi) is 3.72. The number of hydrogen-bond acceptors (Lipinski definition) is 4. The number of nitrogens with two attached hydrogens (primary N) is 1. The van der Waals surface area contributed by atoms with Crippen molar-refractivity contribution < 1.29 is 9.53 Å². The smallest absolute Gasteiger partial charge is 0.226 e. The SMILES string of the molecule is COc1cccc(C#N)c1NC(=O)CC1(N)CCC1. The Labute approximate surface area is 112 Å². The van der Waals surface area contributed by atoms with Crippen LogP contribution in [0.4, 0.5) is 5.69 Å². The molecular formula is C14H17N3O2. The number of hydrogen-bond donors (Lipinski definition) is 2. The quantitative estimate of drug-likeness (QED) is 0.862. The molecule has 3 N–H and O–H groups in total. The Balaban J connectivity index is 2.14. The predicted molar refractivity (Wildman–Crippen MR) is 71.7 cm³/mol. The maximum atomic E-state index is 12.0. The first kappa shape index (κ1) is 13.4. The molecule has 0 aliphatic heterocycles. The Morgan fingerprint density at radius 1 is 1.58 bits per heavy atom. The van der Waals surface area contributed by atoms with Gasteiger partial charge in [0.05, 0.1) is 12.7 Å². The van der Waals surface area contributed by atoms with Crippen molar-refractivity contribution in [3.05, 3.63) is 23.8 Å². The van der Waals surface area contributed by atoms with E-state index in [0.29, 0.717) is 17.0 Å². The molecule has 1 saturated carbocycles. The summed E-state index contributed by atoms with van der Waals surface area (Å²) in [5.74, 6) is 0.301. The number of anilines is 1. The highest BCUT2D eigenvalue weighted by Crippen LogP contribution is 2.33. The molecule has 0 aromatic heterocycles. The highest BCUT2D eigenvalue weighted by molar-refractivity contribution is 5.94. The van der Waals surface area contributed by atoms with Crippen LogP contribution in [0, 0.1) is 11.3 Å². The molecule has 1 amide bonds. The van der Waals surface area contributed by atoms with E-state index in [2.05, 4.69) is 5.32 Å². The maximum absolute atomic E-state index is 12.0. The fraction of sp³-hybridized carbons (Fsp3) is 0.429. The molecule has 0 bridgehead atoms. The first-order valence-electron chi connectivity index (χ1n) is 6.24. The molecule has 1 fully saturated rings. The van der Waals surface area contributed by atoms with E-state index in [0.717, 1.165) is 19.3 Å². The zero-order valence-electron chi connectivity index (χ0n) is 10.9. The van der Waals surface area contributed by atoms with E-state index >= 15 is 0 Å². The Morgan fingerprint density at radius 3 is 2.84 bits per heavy atom. The first-order chi connectivity index (χ1) is 9.08. The molecule has 0 atom stereocenters. The Hall–Kier alpha value is -2.06. The molecule has 100 valence electrons. The average Bonchev–Trinajstić information content (AvgIpc) is 2.37. The molecule has 2 rings (SSSR count). The number of rotatable bonds is 4. The predicted octanol–water partition coefficient (Wildman–Crippen LogP) is 1.78. The minimum Gasteiger partial charge on any atom is -0.495 e. The molecule has 1 aromatic carbocycles. The van der Waals surface area contributed by atoms with Gasteiger partial charge >= 0.3 is 0 Å². The van der Waals surface area contributed by atoms with Crippen LogP contribution in [-0.4, -0.2) is 18.6 Å². The van der Waals surface area contributed by atoms with Gasteiger partial charge in [-0.05, 0) is 31.4 Å². The molecule has 0 heterocycles. The molecule has 0 spiro atoms. The third-order valence-corrected chi connectivity index (χ3v) is 3.49. The summed E-state index contributed by atoms with van der Waals surface area (Å²) < 4.78 is 5.16. The van der Waals surface area contributed by atoms with Crippen molar-refractivity contribution in [1.29, 1.82) is 5.26 Å². The summed E-state index contributed by atoms with van der Waals surface area (Å²) in [5.41, 5.74) is 6.46. The number of carbonyl (C=O) groups is 1. The van der Waals surface area contributed by atoms with Crippen LogP contribution in [0.2, 0.25) is 0 Å². The van der Waals surface area contributed by atoms with Gasteiger partial charge in [-0.15, -0.1) is 0 Å². The van der Waals surface area contributed by atoms with Crippen LogP contribution in [0.15, 0.2) is 18.2 Å². The van der Waals surface area contributed by atoms with E-state index in [9.17, 15) is 4.79 Å². The minimum atomic E-state index is -0.376. The monoisotopic (exact) mass is 259 g/mol. The van der Waals surface area contributed by atoms with Crippen molar-refractivity contribution in [2.45, 2.75) is 31.2 Å². The molecule has 1 aromatic rings. The molecule has 5 nitrogen and oxygen atoms in total. The lowest BCUT2D eigenvalue weighted by atomic mass is 9.75. The number of methoxy groups -OCH3 is 1. The second-order valence-corrected chi connectivity index (χ2v) is 4.94. The van der Waals surface area contributed by atoms with E-state index in [-0.39, 0.29) is 17.9 Å². The summed E-state index contributed by atoms with van der Waals surface area (Å²) in [5, 5.41) is 11.8. The van der Waals surface area contributed by atoms with Gasteiger partial charge in [-0.1, -0.05) is 6.07 Å². The van der Waals surface area contributed by atoms with Gasteiger partial charge < -0.3 is 15.8 Å². The van der Waals surface area contributed by atoms with Crippen LogP contribution in [0.25, 0.3) is 0 Å². The highest BCUT2D eigenvalue weighted by Gasteiger charge is 2.34. The molecule has 1 aliphatic carbocycles. The number of amides is 1. The van der Waals surface area contributed by atoms with Gasteiger partial charge in [0.2, 0.25) is 5.91 Å². The molecular weight excluding hydrogens is 242 g/mol. The summed E-state index contributed by atoms with van der Waals surface area (Å²) in [4.78, 5) is 12.0. The van der Waals surface area contributed by atoms with Crippen molar-refractivity contribution in [3.8, 4) is 11.8 Å². The number of para-hydroxylation sites is 1. The molecule has 5 heteroatoms. The topological polar surface area (TPSA) is 88.1 Å². The lowest BCUT2D eigenvalue weighted by Gasteiger charge is -2.37. The number of nitrogens with one attached hydrogen (secondary N) is 1. The van der Waals surface area contributed by atoms with Crippen molar-refractivity contribution >= 4 is 11.6 Å². The largest absolute Gasteiger partial charge is 0.495 e. The van der Waals surface area contributed by atoms with Gasteiger partial charge in [-0.3, -0.25) is 4.79 Å². The van der Waals surface area contributed by atoms with Crippen LogP contribution in [0.1, 0.15) is 31.2 Å². The lowest BCUT2D eigenvalue weighted by molar-refractivity contribution is -0.118. The van der Waals surface area contributed by atoms with Gasteiger partial charge in [-0.25, -0.2) is 0 Å². The summed E-state index contributed by atoms with van der Waals surface area (Å²) in [6, 6.07) is 7.10. The number of nitriles is 1. The second kappa shape index (κ2) is 5.29. The zero-order valence-corrected chi connectivity index (χ0v) is 10.9. The van der Waals surface area contributed by atoms with Crippen molar-refractivity contribution in [2.75, 3.05) is 12.4 Å². The van der Waals surface area contributed by atoms with Crippen LogP contribution >= 0.6 is 0 Å². The summed E-state index contributed by atoms with van der Waals surface area (Å²) in [6.07, 6.45) is 3.09. The van der Waals surface area contributed by atoms with E-state index in [1.165, 1.54) is 7.11 Å². The van der Waals surface area contributed by atoms with Crippen molar-refractivity contribution in [2.24, 2.45) is 5.73 Å². The molecule has 0 radical (unpaired) electrons.